The Morgan fingerprint density at radius 2 is 1.69 bits per heavy atom. The Bertz CT molecular complexity index is 874. The van der Waals surface area contributed by atoms with Gasteiger partial charge in [-0.05, 0) is 35.5 Å². The second-order valence-electron chi connectivity index (χ2n) is 6.04. The molecule has 132 valence electrons. The number of Topliss-reactive ketones (excluding diaryl/α,β-unsaturated/α-hetero) is 1. The van der Waals surface area contributed by atoms with Crippen LogP contribution in [-0.2, 0) is 4.79 Å². The summed E-state index contributed by atoms with van der Waals surface area (Å²) in [4.78, 5) is 40.3. The zero-order valence-electron chi connectivity index (χ0n) is 14.5. The summed E-state index contributed by atoms with van der Waals surface area (Å²) in [6.45, 7) is -0.244. The third-order valence-corrected chi connectivity index (χ3v) is 4.89. The fourth-order valence-electron chi connectivity index (χ4n) is 2.52. The molecule has 0 aromatic heterocycles. The fraction of sp³-hybridized carbons (Fsp3) is 0.150. The van der Waals surface area contributed by atoms with Gasteiger partial charge < -0.3 is 4.90 Å². The average Bonchev–Trinajstić information content (AvgIpc) is 2.90. The molecule has 0 spiro atoms. The number of nitrogens with zero attached hydrogens (tertiary/aromatic N) is 2. The Kier molecular flexibility index (Phi) is 5.23. The number of benzene rings is 2. The first-order chi connectivity index (χ1) is 12.5. The lowest BCUT2D eigenvalue weighted by molar-refractivity contribution is -0.122. The molecule has 0 bridgehead atoms. The molecule has 0 N–H and O–H groups in total. The minimum absolute atomic E-state index is 0.244. The van der Waals surface area contributed by atoms with Crippen LogP contribution in [0.1, 0.15) is 15.9 Å². The first-order valence-corrected chi connectivity index (χ1v) is 8.88. The van der Waals surface area contributed by atoms with Gasteiger partial charge in [0, 0.05) is 25.3 Å². The highest BCUT2D eigenvalue weighted by Crippen LogP contribution is 2.32. The van der Waals surface area contributed by atoms with Crippen molar-refractivity contribution < 1.29 is 14.4 Å². The van der Waals surface area contributed by atoms with E-state index in [-0.39, 0.29) is 12.3 Å². The van der Waals surface area contributed by atoms with E-state index in [0.29, 0.717) is 10.5 Å². The predicted octanol–water partition coefficient (Wildman–Crippen LogP) is 3.67. The van der Waals surface area contributed by atoms with E-state index in [2.05, 4.69) is 0 Å². The molecule has 0 aliphatic carbocycles. The highest BCUT2D eigenvalue weighted by atomic mass is 32.2. The zero-order valence-corrected chi connectivity index (χ0v) is 15.3. The molecule has 1 heterocycles. The number of amides is 2. The number of carbonyl (C=O) groups is 3. The lowest BCUT2D eigenvalue weighted by Gasteiger charge is -2.12. The number of rotatable bonds is 5. The van der Waals surface area contributed by atoms with E-state index in [1.54, 1.807) is 36.4 Å². The molecule has 5 nitrogen and oxygen atoms in total. The molecule has 2 amide bonds. The number of anilines is 1. The first kappa shape index (κ1) is 17.9. The minimum atomic E-state index is -0.430. The van der Waals surface area contributed by atoms with Crippen molar-refractivity contribution in [1.29, 1.82) is 0 Å². The monoisotopic (exact) mass is 366 g/mol. The van der Waals surface area contributed by atoms with Gasteiger partial charge in [-0.15, -0.1) is 0 Å². The molecule has 2 aromatic carbocycles. The summed E-state index contributed by atoms with van der Waals surface area (Å²) < 4.78 is 0. The van der Waals surface area contributed by atoms with Crippen LogP contribution in [0.3, 0.4) is 0 Å². The van der Waals surface area contributed by atoms with Gasteiger partial charge in [0.05, 0.1) is 11.4 Å². The smallest absolute Gasteiger partial charge is 0.293 e. The number of thioether (sulfide) groups is 1. The Morgan fingerprint density at radius 1 is 1.04 bits per heavy atom. The molecule has 3 rings (SSSR count). The molecule has 0 atom stereocenters. The molecule has 1 aliphatic rings. The molecule has 1 aliphatic heterocycles. The predicted molar refractivity (Wildman–Crippen MR) is 104 cm³/mol. The summed E-state index contributed by atoms with van der Waals surface area (Å²) in [6, 6.07) is 16.3. The lowest BCUT2D eigenvalue weighted by Crippen LogP contribution is -2.33. The summed E-state index contributed by atoms with van der Waals surface area (Å²) in [6.07, 6.45) is 1.68. The fourth-order valence-corrected chi connectivity index (χ4v) is 3.35. The first-order valence-electron chi connectivity index (χ1n) is 8.07. The van der Waals surface area contributed by atoms with Gasteiger partial charge in [0.15, 0.2) is 5.78 Å². The van der Waals surface area contributed by atoms with Gasteiger partial charge >= 0.3 is 0 Å². The molecule has 2 aromatic rings. The molecular formula is C20H18N2O3S. The second kappa shape index (κ2) is 7.58. The normalized spacial score (nSPS) is 15.6. The van der Waals surface area contributed by atoms with Crippen LogP contribution in [-0.4, -0.2) is 42.5 Å². The maximum absolute atomic E-state index is 12.5. The summed E-state index contributed by atoms with van der Waals surface area (Å²) in [5.74, 6) is -0.689. The largest absolute Gasteiger partial charge is 0.378 e. The summed E-state index contributed by atoms with van der Waals surface area (Å²) in [5.41, 5.74) is 2.36. The van der Waals surface area contributed by atoms with Crippen LogP contribution in [0.15, 0.2) is 59.5 Å². The van der Waals surface area contributed by atoms with Gasteiger partial charge in [-0.3, -0.25) is 19.3 Å². The van der Waals surface area contributed by atoms with Gasteiger partial charge in [-0.25, -0.2) is 0 Å². The van der Waals surface area contributed by atoms with Crippen LogP contribution in [0.2, 0.25) is 0 Å². The van der Waals surface area contributed by atoms with Crippen molar-refractivity contribution in [3.63, 3.8) is 0 Å². The van der Waals surface area contributed by atoms with Crippen molar-refractivity contribution in [1.82, 2.24) is 4.90 Å². The van der Waals surface area contributed by atoms with Crippen molar-refractivity contribution in [3.05, 3.63) is 70.6 Å². The quantitative estimate of drug-likeness (QED) is 0.597. The number of hydrogen-bond acceptors (Lipinski definition) is 5. The summed E-state index contributed by atoms with van der Waals surface area (Å²) >= 11 is 0.860. The number of imide groups is 1. The third-order valence-electron chi connectivity index (χ3n) is 3.98. The summed E-state index contributed by atoms with van der Waals surface area (Å²) in [5, 5.41) is -0.421. The SMILES string of the molecule is CN(C)c1ccc(/C=C2/SC(=O)N(CC(=O)c3ccccc3)C2=O)cc1. The van der Waals surface area contributed by atoms with Gasteiger partial charge in [0.25, 0.3) is 11.1 Å². The average molecular weight is 366 g/mol. The number of ketones is 1. The Morgan fingerprint density at radius 3 is 2.31 bits per heavy atom. The van der Waals surface area contributed by atoms with E-state index in [9.17, 15) is 14.4 Å². The molecule has 6 heteroatoms. The van der Waals surface area contributed by atoms with Crippen LogP contribution in [0, 0.1) is 0 Å². The highest BCUT2D eigenvalue weighted by molar-refractivity contribution is 8.18. The van der Waals surface area contributed by atoms with Gasteiger partial charge in [-0.2, -0.15) is 0 Å². The van der Waals surface area contributed by atoms with Crippen molar-refractivity contribution in [3.8, 4) is 0 Å². The van der Waals surface area contributed by atoms with E-state index in [4.69, 9.17) is 0 Å². The van der Waals surface area contributed by atoms with Crippen LogP contribution >= 0.6 is 11.8 Å². The van der Waals surface area contributed by atoms with E-state index in [1.165, 1.54) is 0 Å². The van der Waals surface area contributed by atoms with Crippen LogP contribution < -0.4 is 4.90 Å². The van der Waals surface area contributed by atoms with Crippen molar-refractivity contribution in [2.75, 3.05) is 25.5 Å². The van der Waals surface area contributed by atoms with E-state index in [1.807, 2.05) is 43.3 Å². The van der Waals surface area contributed by atoms with Crippen molar-refractivity contribution in [2.24, 2.45) is 0 Å². The third kappa shape index (κ3) is 3.86. The van der Waals surface area contributed by atoms with E-state index < -0.39 is 11.1 Å². The second-order valence-corrected chi connectivity index (χ2v) is 7.04. The van der Waals surface area contributed by atoms with Crippen LogP contribution in [0.25, 0.3) is 6.08 Å². The number of hydrogen-bond donors (Lipinski definition) is 0. The van der Waals surface area contributed by atoms with Gasteiger partial charge in [0.2, 0.25) is 0 Å². The molecule has 0 unspecified atom stereocenters. The standard InChI is InChI=1S/C20H18N2O3S/c1-21(2)16-10-8-14(9-11-16)12-18-19(24)22(20(25)26-18)13-17(23)15-6-4-3-5-7-15/h3-12H,13H2,1-2H3/b18-12+. The molecule has 0 radical (unpaired) electrons. The Hall–Kier alpha value is -2.86. The molecule has 0 saturated carbocycles. The minimum Gasteiger partial charge on any atom is -0.378 e. The Balaban J connectivity index is 1.75. The Labute approximate surface area is 156 Å². The van der Waals surface area contributed by atoms with E-state index >= 15 is 0 Å². The van der Waals surface area contributed by atoms with Gasteiger partial charge in [0.1, 0.15) is 0 Å². The van der Waals surface area contributed by atoms with Crippen LogP contribution in [0.4, 0.5) is 10.5 Å². The van der Waals surface area contributed by atoms with Crippen molar-refractivity contribution in [2.45, 2.75) is 0 Å². The molecule has 1 fully saturated rings. The molecule has 26 heavy (non-hydrogen) atoms. The maximum Gasteiger partial charge on any atom is 0.293 e. The highest BCUT2D eigenvalue weighted by Gasteiger charge is 2.36. The van der Waals surface area contributed by atoms with Crippen molar-refractivity contribution >= 4 is 40.5 Å². The maximum atomic E-state index is 12.5. The lowest BCUT2D eigenvalue weighted by atomic mass is 10.1. The number of carbonyl (C=O) groups excluding carboxylic acids is 3. The summed E-state index contributed by atoms with van der Waals surface area (Å²) in [7, 11) is 3.90. The van der Waals surface area contributed by atoms with Crippen LogP contribution in [0.5, 0.6) is 0 Å². The van der Waals surface area contributed by atoms with Gasteiger partial charge in [-0.1, -0.05) is 42.5 Å². The molecular weight excluding hydrogens is 348 g/mol. The topological polar surface area (TPSA) is 57.7 Å². The zero-order chi connectivity index (χ0) is 18.7. The van der Waals surface area contributed by atoms with E-state index in [0.717, 1.165) is 27.9 Å². The molecule has 1 saturated heterocycles.